The Hall–Kier alpha value is -2.49. The molecular formula is C21H28N2O2. The predicted octanol–water partition coefficient (Wildman–Crippen LogP) is 4.42. The summed E-state index contributed by atoms with van der Waals surface area (Å²) in [7, 11) is 0. The zero-order valence-electron chi connectivity index (χ0n) is 15.4. The molecule has 0 aliphatic heterocycles. The molecule has 2 aromatic rings. The van der Waals surface area contributed by atoms with E-state index in [9.17, 15) is 4.79 Å². The summed E-state index contributed by atoms with van der Waals surface area (Å²) in [5.74, 6) is 1.30. The molecule has 25 heavy (non-hydrogen) atoms. The van der Waals surface area contributed by atoms with Crippen molar-refractivity contribution < 1.29 is 9.53 Å². The molecule has 134 valence electrons. The quantitative estimate of drug-likeness (QED) is 0.723. The number of nitrogens with one attached hydrogen (secondary N) is 1. The van der Waals surface area contributed by atoms with Crippen molar-refractivity contribution in [3.8, 4) is 5.75 Å². The first kappa shape index (κ1) is 18.8. The summed E-state index contributed by atoms with van der Waals surface area (Å²) in [6.07, 6.45) is 0. The van der Waals surface area contributed by atoms with E-state index in [-0.39, 0.29) is 6.03 Å². The van der Waals surface area contributed by atoms with Crippen molar-refractivity contribution in [1.29, 1.82) is 0 Å². The normalized spacial score (nSPS) is 10.6. The number of benzene rings is 2. The molecule has 0 spiro atoms. The molecule has 2 aromatic carbocycles. The maximum absolute atomic E-state index is 12.3. The highest BCUT2D eigenvalue weighted by Gasteiger charge is 2.12. The minimum absolute atomic E-state index is 0.0629. The Morgan fingerprint density at radius 2 is 1.76 bits per heavy atom. The van der Waals surface area contributed by atoms with Crippen LogP contribution in [0.1, 0.15) is 37.8 Å². The monoisotopic (exact) mass is 340 g/mol. The molecular weight excluding hydrogens is 312 g/mol. The Kier molecular flexibility index (Phi) is 7.33. The van der Waals surface area contributed by atoms with Crippen molar-refractivity contribution in [3.05, 3.63) is 65.7 Å². The lowest BCUT2D eigenvalue weighted by Gasteiger charge is -2.21. The second-order valence-corrected chi connectivity index (χ2v) is 6.27. The molecule has 0 aliphatic carbocycles. The van der Waals surface area contributed by atoms with Crippen LogP contribution in [-0.2, 0) is 6.54 Å². The van der Waals surface area contributed by atoms with Crippen molar-refractivity contribution in [2.24, 2.45) is 0 Å². The van der Waals surface area contributed by atoms with Crippen LogP contribution < -0.4 is 10.1 Å². The second-order valence-electron chi connectivity index (χ2n) is 6.27. The SMILES string of the molecule is CCN(Cc1ccccc1)C(=O)NCCOc1ccccc1C(C)C. The minimum atomic E-state index is -0.0629. The molecule has 4 nitrogen and oxygen atoms in total. The summed E-state index contributed by atoms with van der Waals surface area (Å²) in [5.41, 5.74) is 2.31. The van der Waals surface area contributed by atoms with E-state index in [2.05, 4.69) is 25.2 Å². The lowest BCUT2D eigenvalue weighted by Crippen LogP contribution is -2.41. The van der Waals surface area contributed by atoms with E-state index in [4.69, 9.17) is 4.74 Å². The largest absolute Gasteiger partial charge is 0.491 e. The lowest BCUT2D eigenvalue weighted by molar-refractivity contribution is 0.195. The molecule has 0 atom stereocenters. The summed E-state index contributed by atoms with van der Waals surface area (Å²) in [6, 6.07) is 18.0. The van der Waals surface area contributed by atoms with Crippen LogP contribution in [0.15, 0.2) is 54.6 Å². The Labute approximate surface area is 150 Å². The summed E-state index contributed by atoms with van der Waals surface area (Å²) in [4.78, 5) is 14.1. The first-order valence-corrected chi connectivity index (χ1v) is 8.90. The van der Waals surface area contributed by atoms with Gasteiger partial charge in [-0.3, -0.25) is 0 Å². The van der Waals surface area contributed by atoms with Crippen molar-refractivity contribution >= 4 is 6.03 Å². The Bertz CT molecular complexity index is 656. The maximum Gasteiger partial charge on any atom is 0.317 e. The average Bonchev–Trinajstić information content (AvgIpc) is 2.64. The van der Waals surface area contributed by atoms with Gasteiger partial charge in [0.05, 0.1) is 6.54 Å². The minimum Gasteiger partial charge on any atom is -0.491 e. The lowest BCUT2D eigenvalue weighted by atomic mass is 10.0. The molecule has 0 heterocycles. The molecule has 0 aromatic heterocycles. The van der Waals surface area contributed by atoms with Gasteiger partial charge in [-0.15, -0.1) is 0 Å². The van der Waals surface area contributed by atoms with E-state index in [1.54, 1.807) is 4.90 Å². The van der Waals surface area contributed by atoms with Crippen molar-refractivity contribution in [2.75, 3.05) is 19.7 Å². The summed E-state index contributed by atoms with van der Waals surface area (Å²) in [5, 5.41) is 2.93. The molecule has 0 saturated heterocycles. The van der Waals surface area contributed by atoms with Gasteiger partial charge in [0.15, 0.2) is 0 Å². The summed E-state index contributed by atoms with van der Waals surface area (Å²) >= 11 is 0. The molecule has 0 radical (unpaired) electrons. The van der Waals surface area contributed by atoms with E-state index < -0.39 is 0 Å². The third kappa shape index (κ3) is 5.82. The molecule has 0 bridgehead atoms. The number of ether oxygens (including phenoxy) is 1. The van der Waals surface area contributed by atoms with Crippen LogP contribution in [0.2, 0.25) is 0 Å². The topological polar surface area (TPSA) is 41.6 Å². The van der Waals surface area contributed by atoms with Crippen LogP contribution in [0.5, 0.6) is 5.75 Å². The van der Waals surface area contributed by atoms with E-state index in [0.717, 1.165) is 11.3 Å². The molecule has 4 heteroatoms. The van der Waals surface area contributed by atoms with E-state index >= 15 is 0 Å². The van der Waals surface area contributed by atoms with Gasteiger partial charge in [-0.25, -0.2) is 4.79 Å². The fraction of sp³-hybridized carbons (Fsp3) is 0.381. The Balaban J connectivity index is 1.79. The molecule has 0 aliphatic rings. The van der Waals surface area contributed by atoms with Gasteiger partial charge in [0.1, 0.15) is 12.4 Å². The fourth-order valence-electron chi connectivity index (χ4n) is 2.65. The second kappa shape index (κ2) is 9.72. The van der Waals surface area contributed by atoms with Crippen LogP contribution in [0.4, 0.5) is 4.79 Å². The van der Waals surface area contributed by atoms with Gasteiger partial charge in [-0.2, -0.15) is 0 Å². The van der Waals surface area contributed by atoms with Crippen LogP contribution in [-0.4, -0.2) is 30.6 Å². The third-order valence-electron chi connectivity index (χ3n) is 4.06. The third-order valence-corrected chi connectivity index (χ3v) is 4.06. The van der Waals surface area contributed by atoms with Crippen LogP contribution in [0.25, 0.3) is 0 Å². The first-order valence-electron chi connectivity index (χ1n) is 8.90. The van der Waals surface area contributed by atoms with Crippen molar-refractivity contribution in [2.45, 2.75) is 33.2 Å². The van der Waals surface area contributed by atoms with Crippen LogP contribution >= 0.6 is 0 Å². The number of carbonyl (C=O) groups is 1. The van der Waals surface area contributed by atoms with Gasteiger partial charge < -0.3 is 15.0 Å². The molecule has 1 N–H and O–H groups in total. The van der Waals surface area contributed by atoms with Gasteiger partial charge in [0, 0.05) is 13.1 Å². The zero-order valence-corrected chi connectivity index (χ0v) is 15.4. The average molecular weight is 340 g/mol. The van der Waals surface area contributed by atoms with Crippen LogP contribution in [0.3, 0.4) is 0 Å². The molecule has 0 fully saturated rings. The molecule has 0 saturated carbocycles. The van der Waals surface area contributed by atoms with E-state index in [1.165, 1.54) is 5.56 Å². The van der Waals surface area contributed by atoms with Gasteiger partial charge in [-0.1, -0.05) is 62.4 Å². The highest BCUT2D eigenvalue weighted by Crippen LogP contribution is 2.25. The van der Waals surface area contributed by atoms with Gasteiger partial charge in [-0.05, 0) is 30.0 Å². The van der Waals surface area contributed by atoms with Crippen molar-refractivity contribution in [1.82, 2.24) is 10.2 Å². The fourth-order valence-corrected chi connectivity index (χ4v) is 2.65. The highest BCUT2D eigenvalue weighted by atomic mass is 16.5. The number of para-hydroxylation sites is 1. The number of hydrogen-bond donors (Lipinski definition) is 1. The standard InChI is InChI=1S/C21H28N2O2/c1-4-23(16-18-10-6-5-7-11-18)21(24)22-14-15-25-20-13-9-8-12-19(20)17(2)3/h5-13,17H,4,14-16H2,1-3H3,(H,22,24). The maximum atomic E-state index is 12.3. The molecule has 2 rings (SSSR count). The Morgan fingerprint density at radius 1 is 1.08 bits per heavy atom. The smallest absolute Gasteiger partial charge is 0.317 e. The number of rotatable bonds is 8. The summed E-state index contributed by atoms with van der Waals surface area (Å²) < 4.78 is 5.85. The zero-order chi connectivity index (χ0) is 18.1. The van der Waals surface area contributed by atoms with Crippen LogP contribution in [0, 0.1) is 0 Å². The van der Waals surface area contributed by atoms with E-state index in [0.29, 0.717) is 32.2 Å². The highest BCUT2D eigenvalue weighted by molar-refractivity contribution is 5.74. The number of amides is 2. The predicted molar refractivity (Wildman–Crippen MR) is 102 cm³/mol. The number of nitrogens with zero attached hydrogens (tertiary/aromatic N) is 1. The first-order chi connectivity index (χ1) is 12.1. The molecule has 2 amide bonds. The van der Waals surface area contributed by atoms with Crippen molar-refractivity contribution in [3.63, 3.8) is 0 Å². The summed E-state index contributed by atoms with van der Waals surface area (Å²) in [6.45, 7) is 8.49. The number of hydrogen-bond acceptors (Lipinski definition) is 2. The number of urea groups is 1. The number of carbonyl (C=O) groups excluding carboxylic acids is 1. The Morgan fingerprint density at radius 3 is 2.44 bits per heavy atom. The van der Waals surface area contributed by atoms with E-state index in [1.807, 2.05) is 55.5 Å². The van der Waals surface area contributed by atoms with Gasteiger partial charge >= 0.3 is 6.03 Å². The van der Waals surface area contributed by atoms with Gasteiger partial charge in [0.2, 0.25) is 0 Å². The molecule has 0 unspecified atom stereocenters. The van der Waals surface area contributed by atoms with Gasteiger partial charge in [0.25, 0.3) is 0 Å².